The summed E-state index contributed by atoms with van der Waals surface area (Å²) in [6, 6.07) is 7.45. The van der Waals surface area contributed by atoms with E-state index >= 15 is 0 Å². The fraction of sp³-hybridized carbons (Fsp3) is 0.600. The molecule has 1 atom stereocenters. The van der Waals surface area contributed by atoms with Gasteiger partial charge >= 0.3 is 0 Å². The summed E-state index contributed by atoms with van der Waals surface area (Å²) in [7, 11) is 0. The van der Waals surface area contributed by atoms with Crippen LogP contribution in [0.1, 0.15) is 38.3 Å². The number of nitrogens with zero attached hydrogens (tertiary/aromatic N) is 1. The van der Waals surface area contributed by atoms with Crippen molar-refractivity contribution >= 4 is 31.9 Å². The highest BCUT2D eigenvalue weighted by Crippen LogP contribution is 2.27. The van der Waals surface area contributed by atoms with Crippen molar-refractivity contribution in [2.45, 2.75) is 38.8 Å². The zero-order chi connectivity index (χ0) is 13.8. The molecule has 2 nitrogen and oxygen atoms in total. The third-order valence-electron chi connectivity index (χ3n) is 3.95. The molecular formula is C15H22Br2N2. The molecule has 0 spiro atoms. The van der Waals surface area contributed by atoms with Crippen molar-refractivity contribution in [2.75, 3.05) is 19.6 Å². The molecule has 1 fully saturated rings. The van der Waals surface area contributed by atoms with E-state index in [1.54, 1.807) is 0 Å². The smallest absolute Gasteiger partial charge is 0.0305 e. The second-order valence-electron chi connectivity index (χ2n) is 5.26. The van der Waals surface area contributed by atoms with Gasteiger partial charge in [0.2, 0.25) is 0 Å². The zero-order valence-electron chi connectivity index (χ0n) is 11.6. The van der Waals surface area contributed by atoms with Gasteiger partial charge in [0, 0.05) is 21.0 Å². The minimum atomic E-state index is 0.389. The molecule has 1 aromatic rings. The van der Waals surface area contributed by atoms with Gasteiger partial charge in [-0.3, -0.25) is 0 Å². The van der Waals surface area contributed by atoms with E-state index in [2.05, 4.69) is 74.1 Å². The lowest BCUT2D eigenvalue weighted by molar-refractivity contribution is 0.200. The number of rotatable bonds is 4. The maximum absolute atomic E-state index is 3.77. The number of piperidine rings is 1. The lowest BCUT2D eigenvalue weighted by Crippen LogP contribution is -2.43. The van der Waals surface area contributed by atoms with Crippen LogP contribution in [0.4, 0.5) is 0 Å². The molecule has 0 aliphatic carbocycles. The third-order valence-corrected chi connectivity index (χ3v) is 5.13. The lowest BCUT2D eigenvalue weighted by Gasteiger charge is -2.33. The molecule has 1 saturated heterocycles. The third kappa shape index (κ3) is 4.28. The molecule has 0 radical (unpaired) electrons. The first kappa shape index (κ1) is 15.5. The lowest BCUT2D eigenvalue weighted by atomic mass is 10.0. The summed E-state index contributed by atoms with van der Waals surface area (Å²) in [5.41, 5.74) is 1.33. The Morgan fingerprint density at radius 1 is 1.32 bits per heavy atom. The van der Waals surface area contributed by atoms with Gasteiger partial charge in [0.05, 0.1) is 0 Å². The average Bonchev–Trinajstić information content (AvgIpc) is 2.39. The van der Waals surface area contributed by atoms with Gasteiger partial charge in [-0.2, -0.15) is 0 Å². The van der Waals surface area contributed by atoms with Crippen molar-refractivity contribution in [1.29, 1.82) is 0 Å². The maximum atomic E-state index is 3.77. The van der Waals surface area contributed by atoms with Gasteiger partial charge in [0.1, 0.15) is 0 Å². The van der Waals surface area contributed by atoms with E-state index in [9.17, 15) is 0 Å². The summed E-state index contributed by atoms with van der Waals surface area (Å²) in [5, 5.41) is 3.77. The van der Waals surface area contributed by atoms with Gasteiger partial charge in [-0.05, 0) is 57.1 Å². The summed E-state index contributed by atoms with van der Waals surface area (Å²) in [6.45, 7) is 8.13. The Balaban J connectivity index is 1.92. The number of nitrogens with one attached hydrogen (secondary N) is 1. The quantitative estimate of drug-likeness (QED) is 0.823. The van der Waals surface area contributed by atoms with Crippen molar-refractivity contribution < 1.29 is 0 Å². The topological polar surface area (TPSA) is 15.3 Å². The van der Waals surface area contributed by atoms with Crippen LogP contribution in [-0.4, -0.2) is 30.6 Å². The minimum absolute atomic E-state index is 0.389. The van der Waals surface area contributed by atoms with Crippen LogP contribution in [0.2, 0.25) is 0 Å². The van der Waals surface area contributed by atoms with Crippen molar-refractivity contribution in [3.8, 4) is 0 Å². The van der Waals surface area contributed by atoms with Gasteiger partial charge in [-0.25, -0.2) is 0 Å². The predicted molar refractivity (Wildman–Crippen MR) is 88.5 cm³/mol. The monoisotopic (exact) mass is 388 g/mol. The van der Waals surface area contributed by atoms with Crippen molar-refractivity contribution in [2.24, 2.45) is 0 Å². The molecular weight excluding hydrogens is 368 g/mol. The first-order valence-corrected chi connectivity index (χ1v) is 8.62. The van der Waals surface area contributed by atoms with Gasteiger partial charge < -0.3 is 10.2 Å². The summed E-state index contributed by atoms with van der Waals surface area (Å²) >= 11 is 7.16. The second-order valence-corrected chi connectivity index (χ2v) is 7.03. The number of hydrogen-bond acceptors (Lipinski definition) is 2. The van der Waals surface area contributed by atoms with E-state index in [4.69, 9.17) is 0 Å². The maximum Gasteiger partial charge on any atom is 0.0305 e. The van der Waals surface area contributed by atoms with Crippen LogP contribution in [0.5, 0.6) is 0 Å². The minimum Gasteiger partial charge on any atom is -0.307 e. The number of likely N-dealkylation sites (tertiary alicyclic amines) is 1. The van der Waals surface area contributed by atoms with E-state index in [1.807, 2.05) is 0 Å². The van der Waals surface area contributed by atoms with Gasteiger partial charge in [-0.1, -0.05) is 44.8 Å². The Morgan fingerprint density at radius 3 is 2.58 bits per heavy atom. The van der Waals surface area contributed by atoms with Crippen molar-refractivity contribution in [3.63, 3.8) is 0 Å². The Hall–Kier alpha value is 0.1000. The van der Waals surface area contributed by atoms with Crippen LogP contribution in [-0.2, 0) is 0 Å². The van der Waals surface area contributed by atoms with E-state index in [0.29, 0.717) is 12.1 Å². The second kappa shape index (κ2) is 7.21. The van der Waals surface area contributed by atoms with Crippen LogP contribution in [0.15, 0.2) is 27.1 Å². The van der Waals surface area contributed by atoms with Crippen LogP contribution in [0.25, 0.3) is 0 Å². The first-order valence-electron chi connectivity index (χ1n) is 7.03. The highest BCUT2D eigenvalue weighted by atomic mass is 79.9. The normalized spacial score (nSPS) is 19.6. The molecule has 1 aliphatic heterocycles. The van der Waals surface area contributed by atoms with Crippen LogP contribution >= 0.6 is 31.9 Å². The summed E-state index contributed by atoms with van der Waals surface area (Å²) in [5.74, 6) is 0. The fourth-order valence-electron chi connectivity index (χ4n) is 2.71. The molecule has 0 bridgehead atoms. The molecule has 0 saturated carbocycles. The molecule has 1 aliphatic rings. The molecule has 1 N–H and O–H groups in total. The van der Waals surface area contributed by atoms with E-state index in [0.717, 1.165) is 4.47 Å². The van der Waals surface area contributed by atoms with Crippen LogP contribution in [0, 0.1) is 0 Å². The van der Waals surface area contributed by atoms with Gasteiger partial charge in [0.15, 0.2) is 0 Å². The summed E-state index contributed by atoms with van der Waals surface area (Å²) < 4.78 is 2.29. The van der Waals surface area contributed by atoms with E-state index in [1.165, 1.54) is 42.5 Å². The Bertz CT molecular complexity index is 415. The number of hydrogen-bond donors (Lipinski definition) is 1. The zero-order valence-corrected chi connectivity index (χ0v) is 14.8. The molecule has 0 aromatic heterocycles. The molecule has 19 heavy (non-hydrogen) atoms. The van der Waals surface area contributed by atoms with Gasteiger partial charge in [-0.15, -0.1) is 0 Å². The largest absolute Gasteiger partial charge is 0.307 e. The average molecular weight is 390 g/mol. The van der Waals surface area contributed by atoms with Crippen molar-refractivity contribution in [3.05, 3.63) is 32.7 Å². The van der Waals surface area contributed by atoms with Gasteiger partial charge in [0.25, 0.3) is 0 Å². The Kier molecular flexibility index (Phi) is 5.87. The molecule has 106 valence electrons. The molecule has 1 heterocycles. The van der Waals surface area contributed by atoms with E-state index < -0.39 is 0 Å². The fourth-order valence-corrected chi connectivity index (χ4v) is 4.10. The number of halogens is 2. The molecule has 2 rings (SSSR count). The first-order chi connectivity index (χ1) is 9.10. The molecule has 1 unspecified atom stereocenters. The molecule has 4 heteroatoms. The SMILES string of the molecule is CCN1CCC(NC(C)c2ccc(Br)cc2Br)CC1. The summed E-state index contributed by atoms with van der Waals surface area (Å²) in [6.07, 6.45) is 2.51. The highest BCUT2D eigenvalue weighted by Gasteiger charge is 2.20. The summed E-state index contributed by atoms with van der Waals surface area (Å²) in [4.78, 5) is 2.53. The molecule has 1 aromatic carbocycles. The highest BCUT2D eigenvalue weighted by molar-refractivity contribution is 9.11. The standard InChI is InChI=1S/C15H22Br2N2/c1-3-19-8-6-13(7-9-19)18-11(2)14-5-4-12(16)10-15(14)17/h4-5,10-11,13,18H,3,6-9H2,1-2H3. The Morgan fingerprint density at radius 2 is 2.00 bits per heavy atom. The Labute approximate surface area is 133 Å². The van der Waals surface area contributed by atoms with Crippen molar-refractivity contribution in [1.82, 2.24) is 10.2 Å². The van der Waals surface area contributed by atoms with Crippen LogP contribution in [0.3, 0.4) is 0 Å². The van der Waals surface area contributed by atoms with E-state index in [-0.39, 0.29) is 0 Å². The van der Waals surface area contributed by atoms with Crippen LogP contribution < -0.4 is 5.32 Å². The predicted octanol–water partition coefficient (Wildman–Crippen LogP) is 4.35. The number of benzene rings is 1. The molecule has 0 amide bonds.